The highest BCUT2D eigenvalue weighted by Crippen LogP contribution is 2.24. The van der Waals surface area contributed by atoms with E-state index in [4.69, 9.17) is 27.9 Å². The van der Waals surface area contributed by atoms with Crippen molar-refractivity contribution in [1.29, 1.82) is 0 Å². The Kier molecular flexibility index (Phi) is 8.26. The number of benzene rings is 1. The van der Waals surface area contributed by atoms with E-state index in [9.17, 15) is 9.59 Å². The van der Waals surface area contributed by atoms with Crippen molar-refractivity contribution in [2.75, 3.05) is 32.1 Å². The lowest BCUT2D eigenvalue weighted by Crippen LogP contribution is -2.56. The number of nitrogens with zero attached hydrogens (tertiary/aromatic N) is 1. The summed E-state index contributed by atoms with van der Waals surface area (Å²) in [6.07, 6.45) is -0.225. The largest absolute Gasteiger partial charge is 0.375 e. The van der Waals surface area contributed by atoms with Crippen LogP contribution in [-0.2, 0) is 14.3 Å². The lowest BCUT2D eigenvalue weighted by molar-refractivity contribution is -0.140. The van der Waals surface area contributed by atoms with Gasteiger partial charge in [-0.25, -0.2) is 0 Å². The first-order chi connectivity index (χ1) is 10.9. The summed E-state index contributed by atoms with van der Waals surface area (Å²) < 4.78 is 5.45. The molecule has 1 aliphatic rings. The van der Waals surface area contributed by atoms with Crippen LogP contribution in [0.2, 0.25) is 10.0 Å². The Balaban J connectivity index is 0.00000288. The van der Waals surface area contributed by atoms with Gasteiger partial charge < -0.3 is 20.3 Å². The van der Waals surface area contributed by atoms with E-state index in [1.54, 1.807) is 25.2 Å². The van der Waals surface area contributed by atoms with Crippen LogP contribution in [0.5, 0.6) is 0 Å². The van der Waals surface area contributed by atoms with Gasteiger partial charge >= 0.3 is 0 Å². The summed E-state index contributed by atoms with van der Waals surface area (Å²) in [6.45, 7) is 2.96. The number of halogens is 3. The number of rotatable bonds is 4. The van der Waals surface area contributed by atoms with Crippen LogP contribution >= 0.6 is 35.6 Å². The van der Waals surface area contributed by atoms with Gasteiger partial charge in [0.05, 0.1) is 29.3 Å². The summed E-state index contributed by atoms with van der Waals surface area (Å²) in [6, 6.07) is 4.36. The van der Waals surface area contributed by atoms with Gasteiger partial charge in [-0.3, -0.25) is 9.59 Å². The minimum absolute atomic E-state index is 0. The highest BCUT2D eigenvalue weighted by molar-refractivity contribution is 6.42. The van der Waals surface area contributed by atoms with Crippen molar-refractivity contribution in [2.45, 2.75) is 19.1 Å². The number of amides is 2. The molecule has 1 saturated heterocycles. The van der Waals surface area contributed by atoms with Gasteiger partial charge in [-0.1, -0.05) is 23.2 Å². The Morgan fingerprint density at radius 1 is 1.38 bits per heavy atom. The molecule has 0 spiro atoms. The summed E-state index contributed by atoms with van der Waals surface area (Å²) in [5.41, 5.74) is 0.526. The number of hydrogen-bond acceptors (Lipinski definition) is 4. The molecule has 0 unspecified atom stereocenters. The fourth-order valence-corrected chi connectivity index (χ4v) is 2.61. The van der Waals surface area contributed by atoms with Gasteiger partial charge in [0.15, 0.2) is 0 Å². The zero-order valence-corrected chi connectivity index (χ0v) is 15.7. The molecule has 1 fully saturated rings. The number of anilines is 1. The molecular formula is C15H20Cl3N3O3. The number of ether oxygens (including phenoxy) is 1. The third-order valence-corrected chi connectivity index (χ3v) is 4.28. The van der Waals surface area contributed by atoms with Crippen LogP contribution in [0.25, 0.3) is 0 Å². The first-order valence-corrected chi connectivity index (χ1v) is 7.99. The van der Waals surface area contributed by atoms with E-state index in [1.165, 1.54) is 4.90 Å². The van der Waals surface area contributed by atoms with Crippen molar-refractivity contribution in [1.82, 2.24) is 10.2 Å². The molecule has 2 atom stereocenters. The molecule has 1 heterocycles. The van der Waals surface area contributed by atoms with Gasteiger partial charge in [0.2, 0.25) is 11.8 Å². The van der Waals surface area contributed by atoms with Gasteiger partial charge in [-0.15, -0.1) is 12.4 Å². The van der Waals surface area contributed by atoms with Gasteiger partial charge in [-0.05, 0) is 25.1 Å². The molecule has 9 heteroatoms. The minimum Gasteiger partial charge on any atom is -0.375 e. The van der Waals surface area contributed by atoms with Crippen LogP contribution in [0.1, 0.15) is 6.92 Å². The molecule has 2 N–H and O–H groups in total. The second-order valence-electron chi connectivity index (χ2n) is 5.38. The van der Waals surface area contributed by atoms with Crippen LogP contribution in [-0.4, -0.2) is 55.6 Å². The third-order valence-electron chi connectivity index (χ3n) is 3.54. The van der Waals surface area contributed by atoms with Crippen molar-refractivity contribution in [3.05, 3.63) is 28.2 Å². The fourth-order valence-electron chi connectivity index (χ4n) is 2.31. The standard InChI is InChI=1S/C15H19Cl2N3O3.ClH/c1-9-14(18-5-6-23-9)15(22)20(2)8-13(21)19-10-3-4-11(16)12(17)7-10;/h3-4,7,9,14,18H,5-6,8H2,1-2H3,(H,19,21);1H/t9-,14+;/m1./s1. The lowest BCUT2D eigenvalue weighted by Gasteiger charge is -2.32. The molecule has 24 heavy (non-hydrogen) atoms. The number of carbonyl (C=O) groups is 2. The molecule has 134 valence electrons. The van der Waals surface area contributed by atoms with Gasteiger partial charge in [0.1, 0.15) is 6.04 Å². The number of likely N-dealkylation sites (N-methyl/N-ethyl adjacent to an activating group) is 1. The van der Waals surface area contributed by atoms with Crippen molar-refractivity contribution < 1.29 is 14.3 Å². The molecule has 0 saturated carbocycles. The predicted molar refractivity (Wildman–Crippen MR) is 97.2 cm³/mol. The van der Waals surface area contributed by atoms with Crippen LogP contribution in [0.3, 0.4) is 0 Å². The van der Waals surface area contributed by atoms with E-state index in [-0.39, 0.29) is 36.9 Å². The quantitative estimate of drug-likeness (QED) is 0.818. The maximum Gasteiger partial charge on any atom is 0.243 e. The van der Waals surface area contributed by atoms with Crippen molar-refractivity contribution in [3.63, 3.8) is 0 Å². The summed E-state index contributed by atoms with van der Waals surface area (Å²) in [5, 5.41) is 6.55. The van der Waals surface area contributed by atoms with Crippen LogP contribution < -0.4 is 10.6 Å². The fraction of sp³-hybridized carbons (Fsp3) is 0.467. The average Bonchev–Trinajstić information content (AvgIpc) is 2.50. The number of hydrogen-bond donors (Lipinski definition) is 2. The molecule has 0 aliphatic carbocycles. The first-order valence-electron chi connectivity index (χ1n) is 7.23. The van der Waals surface area contributed by atoms with E-state index in [0.29, 0.717) is 28.9 Å². The number of carbonyl (C=O) groups excluding carboxylic acids is 2. The van der Waals surface area contributed by atoms with E-state index in [0.717, 1.165) is 0 Å². The predicted octanol–water partition coefficient (Wildman–Crippen LogP) is 2.19. The summed E-state index contributed by atoms with van der Waals surface area (Å²) in [7, 11) is 1.58. The van der Waals surface area contributed by atoms with Gasteiger partial charge in [0.25, 0.3) is 0 Å². The van der Waals surface area contributed by atoms with Crippen molar-refractivity contribution >= 4 is 53.1 Å². The lowest BCUT2D eigenvalue weighted by atomic mass is 10.1. The minimum atomic E-state index is -0.438. The monoisotopic (exact) mass is 395 g/mol. The summed E-state index contributed by atoms with van der Waals surface area (Å²) in [4.78, 5) is 25.8. The molecule has 1 aromatic carbocycles. The summed E-state index contributed by atoms with van der Waals surface area (Å²) in [5.74, 6) is -0.495. The second-order valence-corrected chi connectivity index (χ2v) is 6.19. The van der Waals surface area contributed by atoms with E-state index in [2.05, 4.69) is 10.6 Å². The SMILES string of the molecule is C[C@H]1OCCN[C@@H]1C(=O)N(C)CC(=O)Nc1ccc(Cl)c(Cl)c1.Cl. The topological polar surface area (TPSA) is 70.7 Å². The first kappa shape index (κ1) is 21.0. The van der Waals surface area contributed by atoms with E-state index < -0.39 is 6.04 Å². The molecule has 2 rings (SSSR count). The maximum absolute atomic E-state index is 12.4. The Bertz CT molecular complexity index is 601. The molecule has 1 aliphatic heterocycles. The third kappa shape index (κ3) is 5.50. The maximum atomic E-state index is 12.4. The Morgan fingerprint density at radius 2 is 2.08 bits per heavy atom. The van der Waals surface area contributed by atoms with Crippen LogP contribution in [0.15, 0.2) is 18.2 Å². The van der Waals surface area contributed by atoms with Crippen LogP contribution in [0.4, 0.5) is 5.69 Å². The molecule has 0 bridgehead atoms. The number of nitrogens with one attached hydrogen (secondary N) is 2. The molecule has 0 radical (unpaired) electrons. The smallest absolute Gasteiger partial charge is 0.243 e. The molecule has 0 aromatic heterocycles. The van der Waals surface area contributed by atoms with Crippen LogP contribution in [0, 0.1) is 0 Å². The number of morpholine rings is 1. The Labute approximate surface area is 157 Å². The normalized spacial score (nSPS) is 20.0. The molecular weight excluding hydrogens is 377 g/mol. The van der Waals surface area contributed by atoms with E-state index >= 15 is 0 Å². The zero-order chi connectivity index (χ0) is 17.0. The van der Waals surface area contributed by atoms with Crippen molar-refractivity contribution in [2.24, 2.45) is 0 Å². The second kappa shape index (κ2) is 9.44. The average molecular weight is 397 g/mol. The summed E-state index contributed by atoms with van der Waals surface area (Å²) >= 11 is 11.7. The van der Waals surface area contributed by atoms with E-state index in [1.807, 2.05) is 6.92 Å². The molecule has 2 amide bonds. The molecule has 6 nitrogen and oxygen atoms in total. The van der Waals surface area contributed by atoms with Crippen molar-refractivity contribution in [3.8, 4) is 0 Å². The Hall–Kier alpha value is -1.05. The Morgan fingerprint density at radius 3 is 2.71 bits per heavy atom. The molecule has 1 aromatic rings. The highest BCUT2D eigenvalue weighted by Gasteiger charge is 2.31. The van der Waals surface area contributed by atoms with Gasteiger partial charge in [-0.2, -0.15) is 0 Å². The zero-order valence-electron chi connectivity index (χ0n) is 13.3. The highest BCUT2D eigenvalue weighted by atomic mass is 35.5. The van der Waals surface area contributed by atoms with Gasteiger partial charge in [0, 0.05) is 19.3 Å².